The van der Waals surface area contributed by atoms with E-state index in [0.717, 1.165) is 18.6 Å². The number of nitrogens with zero attached hydrogens (tertiary/aromatic N) is 2. The van der Waals surface area contributed by atoms with Crippen LogP contribution in [0.5, 0.6) is 0 Å². The predicted molar refractivity (Wildman–Crippen MR) is 102 cm³/mol. The first-order chi connectivity index (χ1) is 13.1. The highest BCUT2D eigenvalue weighted by atomic mass is 16.4. The average Bonchev–Trinajstić information content (AvgIpc) is 3.35. The van der Waals surface area contributed by atoms with Gasteiger partial charge in [0.2, 0.25) is 0 Å². The van der Waals surface area contributed by atoms with E-state index in [4.69, 9.17) is 10.2 Å². The smallest absolute Gasteiger partial charge is 0.317 e. The van der Waals surface area contributed by atoms with E-state index in [1.165, 1.54) is 17.1 Å². The molecule has 0 unspecified atom stereocenters. The number of primary amides is 1. The molecule has 3 amide bonds. The van der Waals surface area contributed by atoms with E-state index >= 15 is 0 Å². The normalized spacial score (nSPS) is 14.5. The number of aromatic nitrogens is 1. The van der Waals surface area contributed by atoms with Gasteiger partial charge in [0, 0.05) is 49.0 Å². The van der Waals surface area contributed by atoms with E-state index in [0.29, 0.717) is 18.8 Å². The minimum atomic E-state index is -0.624. The number of carbonyl (C=O) groups excluding carboxylic acids is 2. The van der Waals surface area contributed by atoms with E-state index < -0.39 is 5.91 Å². The Hall–Kier alpha value is -3.42. The summed E-state index contributed by atoms with van der Waals surface area (Å²) in [5.74, 6) is -0.0390. The molecule has 0 saturated carbocycles. The van der Waals surface area contributed by atoms with E-state index in [-0.39, 0.29) is 18.3 Å². The fraction of sp³-hybridized carbons (Fsp3) is 0.263. The molecule has 0 bridgehead atoms. The molecule has 2 aromatic heterocycles. The summed E-state index contributed by atoms with van der Waals surface area (Å²) in [5, 5.41) is 4.01. The van der Waals surface area contributed by atoms with E-state index in [2.05, 4.69) is 33.4 Å². The fourth-order valence-electron chi connectivity index (χ4n) is 3.37. The molecule has 3 aromatic rings. The second-order valence-corrected chi connectivity index (χ2v) is 6.48. The Kier molecular flexibility index (Phi) is 4.45. The highest BCUT2D eigenvalue weighted by molar-refractivity contribution is 5.92. The van der Waals surface area contributed by atoms with Gasteiger partial charge in [-0.1, -0.05) is 6.07 Å². The minimum absolute atomic E-state index is 0.0896. The van der Waals surface area contributed by atoms with E-state index in [1.807, 2.05) is 12.3 Å². The lowest BCUT2D eigenvalue weighted by Crippen LogP contribution is -2.51. The number of benzene rings is 1. The molecule has 27 heavy (non-hydrogen) atoms. The van der Waals surface area contributed by atoms with Crippen LogP contribution < -0.4 is 16.0 Å². The number of hydrogen-bond acceptors (Lipinski definition) is 4. The van der Waals surface area contributed by atoms with Gasteiger partial charge in [0.1, 0.15) is 5.76 Å². The number of nitrogens with two attached hydrogens (primary N) is 1. The molecular weight excluding hydrogens is 346 g/mol. The summed E-state index contributed by atoms with van der Waals surface area (Å²) in [4.78, 5) is 30.7. The van der Waals surface area contributed by atoms with Gasteiger partial charge < -0.3 is 30.3 Å². The number of amides is 3. The zero-order valence-corrected chi connectivity index (χ0v) is 14.8. The third-order valence-electron chi connectivity index (χ3n) is 4.80. The largest absolute Gasteiger partial charge is 0.454 e. The fourth-order valence-corrected chi connectivity index (χ4v) is 3.37. The van der Waals surface area contributed by atoms with Crippen molar-refractivity contribution >= 4 is 28.5 Å². The van der Waals surface area contributed by atoms with Gasteiger partial charge in [0.05, 0.1) is 6.54 Å². The topological polar surface area (TPSA) is 108 Å². The summed E-state index contributed by atoms with van der Waals surface area (Å²) in [5.41, 5.74) is 7.45. The van der Waals surface area contributed by atoms with Crippen LogP contribution in [0.4, 0.5) is 10.5 Å². The summed E-state index contributed by atoms with van der Waals surface area (Å²) in [7, 11) is 0. The van der Waals surface area contributed by atoms with Gasteiger partial charge in [0.15, 0.2) is 5.76 Å². The molecule has 1 aliphatic heterocycles. The lowest BCUT2D eigenvalue weighted by atomic mass is 10.2. The van der Waals surface area contributed by atoms with Crippen molar-refractivity contribution in [3.05, 3.63) is 54.1 Å². The number of furan rings is 1. The zero-order chi connectivity index (χ0) is 18.8. The van der Waals surface area contributed by atoms with Crippen LogP contribution in [0.1, 0.15) is 16.3 Å². The Labute approximate surface area is 155 Å². The maximum absolute atomic E-state index is 12.4. The van der Waals surface area contributed by atoms with Gasteiger partial charge in [-0.25, -0.2) is 4.79 Å². The molecule has 4 rings (SSSR count). The molecule has 1 fully saturated rings. The summed E-state index contributed by atoms with van der Waals surface area (Å²) < 4.78 is 5.27. The molecule has 1 saturated heterocycles. The maximum Gasteiger partial charge on any atom is 0.317 e. The van der Waals surface area contributed by atoms with Crippen LogP contribution in [0.3, 0.4) is 0 Å². The van der Waals surface area contributed by atoms with Gasteiger partial charge in [-0.15, -0.1) is 0 Å². The number of aromatic amines is 1. The van der Waals surface area contributed by atoms with Gasteiger partial charge in [0.25, 0.3) is 5.91 Å². The van der Waals surface area contributed by atoms with Crippen molar-refractivity contribution in [2.75, 3.05) is 31.1 Å². The van der Waals surface area contributed by atoms with Gasteiger partial charge in [-0.3, -0.25) is 4.79 Å². The number of anilines is 1. The summed E-state index contributed by atoms with van der Waals surface area (Å²) in [6, 6.07) is 11.3. The Morgan fingerprint density at radius 1 is 1.11 bits per heavy atom. The maximum atomic E-state index is 12.4. The minimum Gasteiger partial charge on any atom is -0.454 e. The van der Waals surface area contributed by atoms with Crippen molar-refractivity contribution in [1.29, 1.82) is 0 Å². The Morgan fingerprint density at radius 2 is 1.93 bits per heavy atom. The second kappa shape index (κ2) is 7.06. The molecule has 4 N–H and O–H groups in total. The zero-order valence-electron chi connectivity index (χ0n) is 14.8. The average molecular weight is 367 g/mol. The van der Waals surface area contributed by atoms with Crippen LogP contribution >= 0.6 is 0 Å². The van der Waals surface area contributed by atoms with Gasteiger partial charge in [-0.05, 0) is 30.3 Å². The Bertz CT molecular complexity index is 969. The number of fused-ring (bicyclic) bond motifs is 1. The lowest BCUT2D eigenvalue weighted by Gasteiger charge is -2.36. The van der Waals surface area contributed by atoms with Crippen LogP contribution in [0.15, 0.2) is 47.0 Å². The first-order valence-corrected chi connectivity index (χ1v) is 8.84. The number of nitrogens with one attached hydrogen (secondary N) is 2. The molecule has 0 spiro atoms. The van der Waals surface area contributed by atoms with E-state index in [9.17, 15) is 9.59 Å². The molecular formula is C19H21N5O3. The second-order valence-electron chi connectivity index (χ2n) is 6.48. The lowest BCUT2D eigenvalue weighted by molar-refractivity contribution is 0.0972. The summed E-state index contributed by atoms with van der Waals surface area (Å²) in [6.45, 7) is 3.03. The van der Waals surface area contributed by atoms with Crippen LogP contribution in [-0.2, 0) is 6.54 Å². The third-order valence-corrected chi connectivity index (χ3v) is 4.80. The van der Waals surface area contributed by atoms with Crippen LogP contribution in [0.25, 0.3) is 10.9 Å². The van der Waals surface area contributed by atoms with Crippen molar-refractivity contribution in [2.45, 2.75) is 6.54 Å². The van der Waals surface area contributed by atoms with Crippen molar-refractivity contribution in [2.24, 2.45) is 5.73 Å². The molecule has 0 atom stereocenters. The highest BCUT2D eigenvalue weighted by Gasteiger charge is 2.22. The molecule has 8 heteroatoms. The first-order valence-electron chi connectivity index (χ1n) is 8.84. The molecule has 1 aliphatic rings. The molecule has 0 aliphatic carbocycles. The number of H-pyrrole nitrogens is 1. The third kappa shape index (κ3) is 3.46. The summed E-state index contributed by atoms with van der Waals surface area (Å²) in [6.07, 6.45) is 1.94. The van der Waals surface area contributed by atoms with Crippen molar-refractivity contribution in [3.8, 4) is 0 Å². The van der Waals surface area contributed by atoms with Crippen molar-refractivity contribution in [1.82, 2.24) is 15.2 Å². The molecule has 8 nitrogen and oxygen atoms in total. The first kappa shape index (κ1) is 17.0. The number of rotatable bonds is 4. The number of urea groups is 1. The standard InChI is InChI=1S/C19H21N5O3/c20-18(25)17-5-4-13(27-17)12-22-19(26)24-10-8-23(9-11-24)16-3-1-2-15-14(16)6-7-21-15/h1-7,21H,8-12H2,(H2,20,25)(H,22,26). The molecule has 1 aromatic carbocycles. The number of piperazine rings is 1. The molecule has 3 heterocycles. The van der Waals surface area contributed by atoms with Crippen LogP contribution in [0, 0.1) is 0 Å². The predicted octanol–water partition coefficient (Wildman–Crippen LogP) is 1.89. The quantitative estimate of drug-likeness (QED) is 0.654. The van der Waals surface area contributed by atoms with Crippen molar-refractivity contribution in [3.63, 3.8) is 0 Å². The summed E-state index contributed by atoms with van der Waals surface area (Å²) >= 11 is 0. The van der Waals surface area contributed by atoms with Crippen LogP contribution in [0.2, 0.25) is 0 Å². The van der Waals surface area contributed by atoms with Crippen molar-refractivity contribution < 1.29 is 14.0 Å². The number of hydrogen-bond donors (Lipinski definition) is 3. The number of carbonyl (C=O) groups is 2. The van der Waals surface area contributed by atoms with Gasteiger partial charge in [-0.2, -0.15) is 0 Å². The SMILES string of the molecule is NC(=O)c1ccc(CNC(=O)N2CCN(c3cccc4[nH]ccc34)CC2)o1. The highest BCUT2D eigenvalue weighted by Crippen LogP contribution is 2.26. The Balaban J connectivity index is 1.32. The Morgan fingerprint density at radius 3 is 2.67 bits per heavy atom. The molecule has 140 valence electrons. The van der Waals surface area contributed by atoms with E-state index in [1.54, 1.807) is 11.0 Å². The van der Waals surface area contributed by atoms with Crippen LogP contribution in [-0.4, -0.2) is 48.0 Å². The van der Waals surface area contributed by atoms with Gasteiger partial charge >= 0.3 is 6.03 Å². The monoisotopic (exact) mass is 367 g/mol. The molecule has 0 radical (unpaired) electrons.